The zero-order valence-electron chi connectivity index (χ0n) is 8.86. The molecule has 13 heavy (non-hydrogen) atoms. The molecule has 0 aliphatic rings. The third kappa shape index (κ3) is 12.8. The molecule has 0 rings (SSSR count). The molecule has 0 amide bonds. The minimum atomic E-state index is 1.18. The van der Waals surface area contributed by atoms with E-state index in [0.717, 1.165) is 0 Å². The highest BCUT2D eigenvalue weighted by molar-refractivity contribution is 9.09. The first kappa shape index (κ1) is 13.8. The van der Waals surface area contributed by atoms with Crippen molar-refractivity contribution in [2.45, 2.75) is 51.9 Å². The Balaban J connectivity index is 2.76. The second-order valence-electron chi connectivity index (χ2n) is 3.42. The first-order valence-electron chi connectivity index (χ1n) is 5.55. The van der Waals surface area contributed by atoms with Gasteiger partial charge in [-0.25, -0.2) is 0 Å². The quantitative estimate of drug-likeness (QED) is 0.402. The van der Waals surface area contributed by atoms with Gasteiger partial charge in [-0.3, -0.25) is 0 Å². The molecule has 0 aliphatic carbocycles. The van der Waals surface area contributed by atoms with Gasteiger partial charge in [0.05, 0.1) is 0 Å². The predicted octanol–water partition coefficient (Wildman–Crippen LogP) is 4.87. The van der Waals surface area contributed by atoms with E-state index in [1.807, 2.05) is 0 Å². The van der Waals surface area contributed by atoms with Crippen LogP contribution in [0.15, 0.2) is 0 Å². The van der Waals surface area contributed by atoms with Gasteiger partial charge in [-0.2, -0.15) is 11.8 Å². The van der Waals surface area contributed by atoms with Crippen LogP contribution in [0.1, 0.15) is 51.9 Å². The lowest BCUT2D eigenvalue weighted by molar-refractivity contribution is 0.630. The Morgan fingerprint density at radius 2 is 1.46 bits per heavy atom. The summed E-state index contributed by atoms with van der Waals surface area (Å²) in [5.41, 5.74) is 0. The van der Waals surface area contributed by atoms with Gasteiger partial charge in [0.25, 0.3) is 0 Å². The molecule has 80 valence electrons. The lowest BCUT2D eigenvalue weighted by atomic mass is 10.1. The molecule has 2 heteroatoms. The molecule has 0 spiro atoms. The van der Waals surface area contributed by atoms with Crippen molar-refractivity contribution >= 4 is 27.7 Å². The molecule has 0 aromatic rings. The zero-order valence-corrected chi connectivity index (χ0v) is 11.3. The molecule has 0 fully saturated rings. The van der Waals surface area contributed by atoms with E-state index in [-0.39, 0.29) is 0 Å². The fourth-order valence-electron chi connectivity index (χ4n) is 1.25. The van der Waals surface area contributed by atoms with Gasteiger partial charge in [0.2, 0.25) is 0 Å². The van der Waals surface area contributed by atoms with Crippen molar-refractivity contribution in [3.63, 3.8) is 0 Å². The van der Waals surface area contributed by atoms with E-state index in [4.69, 9.17) is 0 Å². The van der Waals surface area contributed by atoms with Crippen LogP contribution < -0.4 is 0 Å². The summed E-state index contributed by atoms with van der Waals surface area (Å²) < 4.78 is 0. The molecule has 0 nitrogen and oxygen atoms in total. The van der Waals surface area contributed by atoms with Crippen molar-refractivity contribution in [2.24, 2.45) is 0 Å². The van der Waals surface area contributed by atoms with Crippen molar-refractivity contribution in [3.8, 4) is 0 Å². The number of unbranched alkanes of at least 4 members (excludes halogenated alkanes) is 5. The summed E-state index contributed by atoms with van der Waals surface area (Å²) >= 11 is 5.57. The van der Waals surface area contributed by atoms with Crippen LogP contribution in [0, 0.1) is 0 Å². The van der Waals surface area contributed by atoms with Gasteiger partial charge in [0.1, 0.15) is 0 Å². The van der Waals surface area contributed by atoms with Gasteiger partial charge in [-0.15, -0.1) is 0 Å². The maximum Gasteiger partial charge on any atom is 0.00313 e. The average molecular weight is 267 g/mol. The van der Waals surface area contributed by atoms with Crippen LogP contribution in [0.5, 0.6) is 0 Å². The summed E-state index contributed by atoms with van der Waals surface area (Å²) in [5.74, 6) is 2.73. The van der Waals surface area contributed by atoms with Crippen LogP contribution in [0.25, 0.3) is 0 Å². The number of thioether (sulfide) groups is 1. The van der Waals surface area contributed by atoms with Crippen molar-refractivity contribution < 1.29 is 0 Å². The zero-order chi connectivity index (χ0) is 9.78. The first-order chi connectivity index (χ1) is 6.41. The Labute approximate surface area is 96.4 Å². The minimum Gasteiger partial charge on any atom is -0.162 e. The average Bonchev–Trinajstić information content (AvgIpc) is 2.16. The first-order valence-corrected chi connectivity index (χ1v) is 7.83. The number of halogens is 1. The van der Waals surface area contributed by atoms with Crippen LogP contribution in [-0.4, -0.2) is 16.8 Å². The highest BCUT2D eigenvalue weighted by Gasteiger charge is 1.91. The summed E-state index contributed by atoms with van der Waals surface area (Å²) in [6.45, 7) is 2.26. The van der Waals surface area contributed by atoms with E-state index >= 15 is 0 Å². The Hall–Kier alpha value is 0.830. The van der Waals surface area contributed by atoms with Crippen LogP contribution in [0.4, 0.5) is 0 Å². The second-order valence-corrected chi connectivity index (χ2v) is 5.44. The molecule has 0 heterocycles. The van der Waals surface area contributed by atoms with Gasteiger partial charge in [-0.05, 0) is 30.8 Å². The van der Waals surface area contributed by atoms with E-state index in [1.54, 1.807) is 0 Å². The normalized spacial score (nSPS) is 10.6. The Kier molecular flexibility index (Phi) is 13.6. The van der Waals surface area contributed by atoms with Crippen molar-refractivity contribution in [3.05, 3.63) is 0 Å². The summed E-state index contributed by atoms with van der Waals surface area (Å²) in [6, 6.07) is 0. The molecule has 0 aromatic carbocycles. The van der Waals surface area contributed by atoms with Gasteiger partial charge in [0.15, 0.2) is 0 Å². The largest absolute Gasteiger partial charge is 0.162 e. The topological polar surface area (TPSA) is 0 Å². The number of hydrogen-bond acceptors (Lipinski definition) is 1. The number of rotatable bonds is 10. The maximum atomic E-state index is 3.46. The monoisotopic (exact) mass is 266 g/mol. The molecule has 0 unspecified atom stereocenters. The van der Waals surface area contributed by atoms with Crippen molar-refractivity contribution in [1.29, 1.82) is 0 Å². The van der Waals surface area contributed by atoms with Gasteiger partial charge < -0.3 is 0 Å². The Morgan fingerprint density at radius 3 is 2.08 bits per heavy atom. The van der Waals surface area contributed by atoms with Crippen LogP contribution in [-0.2, 0) is 0 Å². The lowest BCUT2D eigenvalue weighted by Crippen LogP contribution is -1.84. The molecule has 0 aliphatic heterocycles. The van der Waals surface area contributed by atoms with E-state index in [9.17, 15) is 0 Å². The van der Waals surface area contributed by atoms with Gasteiger partial charge >= 0.3 is 0 Å². The number of hydrogen-bond donors (Lipinski definition) is 0. The Morgan fingerprint density at radius 1 is 0.846 bits per heavy atom. The van der Waals surface area contributed by atoms with E-state index in [0.29, 0.717) is 0 Å². The molecule has 0 N–H and O–H groups in total. The van der Waals surface area contributed by atoms with E-state index in [2.05, 4.69) is 34.6 Å². The third-order valence-electron chi connectivity index (χ3n) is 2.02. The van der Waals surface area contributed by atoms with Gasteiger partial charge in [-0.1, -0.05) is 48.5 Å². The fourth-order valence-corrected chi connectivity index (χ4v) is 2.55. The number of alkyl halides is 1. The van der Waals surface area contributed by atoms with Crippen LogP contribution in [0.2, 0.25) is 0 Å². The molecular weight excluding hydrogens is 244 g/mol. The second kappa shape index (κ2) is 12.8. The van der Waals surface area contributed by atoms with E-state index in [1.165, 1.54) is 61.8 Å². The highest BCUT2D eigenvalue weighted by Crippen LogP contribution is 2.10. The highest BCUT2D eigenvalue weighted by atomic mass is 79.9. The molecule has 0 saturated carbocycles. The smallest absolute Gasteiger partial charge is 0.00313 e. The SMILES string of the molecule is CCCSCCCCCCCCBr. The summed E-state index contributed by atoms with van der Waals surface area (Å²) in [7, 11) is 0. The minimum absolute atomic E-state index is 1.18. The van der Waals surface area contributed by atoms with Crippen LogP contribution >= 0.6 is 27.7 Å². The lowest BCUT2D eigenvalue weighted by Gasteiger charge is -2.00. The van der Waals surface area contributed by atoms with Crippen molar-refractivity contribution in [1.82, 2.24) is 0 Å². The standard InChI is InChI=1S/C11H23BrS/c1-2-10-13-11-8-6-4-3-5-7-9-12/h2-11H2,1H3. The molecular formula is C11H23BrS. The maximum absolute atomic E-state index is 3.46. The van der Waals surface area contributed by atoms with Crippen LogP contribution in [0.3, 0.4) is 0 Å². The molecule has 0 radical (unpaired) electrons. The predicted molar refractivity (Wildman–Crippen MR) is 69.1 cm³/mol. The fraction of sp³-hybridized carbons (Fsp3) is 1.00. The Bertz CT molecular complexity index is 76.2. The van der Waals surface area contributed by atoms with Crippen molar-refractivity contribution in [2.75, 3.05) is 16.8 Å². The third-order valence-corrected chi connectivity index (χ3v) is 3.86. The summed E-state index contributed by atoms with van der Waals surface area (Å²) in [6.07, 6.45) is 9.84. The summed E-state index contributed by atoms with van der Waals surface area (Å²) in [4.78, 5) is 0. The van der Waals surface area contributed by atoms with E-state index < -0.39 is 0 Å². The molecule has 0 saturated heterocycles. The molecule has 0 aromatic heterocycles. The summed E-state index contributed by atoms with van der Waals surface area (Å²) in [5, 5.41) is 1.18. The molecule has 0 bridgehead atoms. The van der Waals surface area contributed by atoms with Gasteiger partial charge in [0, 0.05) is 5.33 Å². The molecule has 0 atom stereocenters.